The summed E-state index contributed by atoms with van der Waals surface area (Å²) in [5.74, 6) is -0.324. The Morgan fingerprint density at radius 3 is 3.04 bits per heavy atom. The van der Waals surface area contributed by atoms with Crippen molar-refractivity contribution < 1.29 is 4.79 Å². The van der Waals surface area contributed by atoms with Gasteiger partial charge >= 0.3 is 0 Å². The number of pyridine rings is 2. The van der Waals surface area contributed by atoms with Gasteiger partial charge in [-0.15, -0.1) is 0 Å². The number of piperidine rings is 1. The van der Waals surface area contributed by atoms with E-state index in [1.807, 2.05) is 6.92 Å². The van der Waals surface area contributed by atoms with E-state index in [0.717, 1.165) is 25.2 Å². The van der Waals surface area contributed by atoms with Gasteiger partial charge in [0.1, 0.15) is 11.2 Å². The predicted octanol–water partition coefficient (Wildman–Crippen LogP) is 2.23. The van der Waals surface area contributed by atoms with Crippen molar-refractivity contribution in [1.82, 2.24) is 20.2 Å². The molecule has 1 amide bonds. The van der Waals surface area contributed by atoms with E-state index >= 15 is 0 Å². The summed E-state index contributed by atoms with van der Waals surface area (Å²) >= 11 is 0. The first-order valence-electron chi connectivity index (χ1n) is 9.07. The van der Waals surface area contributed by atoms with Crippen molar-refractivity contribution in [2.45, 2.75) is 45.6 Å². The third kappa shape index (κ3) is 4.07. The Morgan fingerprint density at radius 1 is 1.40 bits per heavy atom. The summed E-state index contributed by atoms with van der Waals surface area (Å²) in [7, 11) is 0. The van der Waals surface area contributed by atoms with E-state index in [1.165, 1.54) is 25.5 Å². The Labute approximate surface area is 147 Å². The molecule has 3 rings (SSSR count). The first kappa shape index (κ1) is 17.6. The van der Waals surface area contributed by atoms with Gasteiger partial charge in [0, 0.05) is 31.0 Å². The predicted molar refractivity (Wildman–Crippen MR) is 98.9 cm³/mol. The fourth-order valence-electron chi connectivity index (χ4n) is 3.44. The maximum atomic E-state index is 12.5. The maximum Gasteiger partial charge on any atom is 0.256 e. The standard InChI is InChI=1S/C19H26N4O2/c1-13-7-8-15-17(24)16(12-21-18(15)22-13)19(25)20-9-5-11-23-10-4-3-6-14(23)2/h7-8,12,14H,3-6,9-11H2,1-2H3,(H,20,25)(H,21,22,24). The lowest BCUT2D eigenvalue weighted by Crippen LogP contribution is -2.39. The van der Waals surface area contributed by atoms with Crippen LogP contribution in [-0.4, -0.2) is 46.5 Å². The van der Waals surface area contributed by atoms with E-state index < -0.39 is 0 Å². The van der Waals surface area contributed by atoms with Gasteiger partial charge in [-0.05, 0) is 51.8 Å². The number of aromatic amines is 1. The molecule has 1 fully saturated rings. The van der Waals surface area contributed by atoms with Crippen LogP contribution < -0.4 is 10.7 Å². The van der Waals surface area contributed by atoms with Crippen LogP contribution in [0.1, 0.15) is 48.7 Å². The minimum atomic E-state index is -0.324. The number of aromatic nitrogens is 2. The van der Waals surface area contributed by atoms with Crippen LogP contribution in [0.3, 0.4) is 0 Å². The van der Waals surface area contributed by atoms with Gasteiger partial charge in [0.05, 0.1) is 5.39 Å². The normalized spacial score (nSPS) is 18.4. The first-order chi connectivity index (χ1) is 12.1. The van der Waals surface area contributed by atoms with Gasteiger partial charge in [0.2, 0.25) is 5.43 Å². The molecule has 0 saturated carbocycles. The molecule has 0 aromatic carbocycles. The SMILES string of the molecule is Cc1ccc2c(=O)c(C(=O)NCCCN3CCCCC3C)c[nH]c2n1. The smallest absolute Gasteiger partial charge is 0.256 e. The second-order valence-electron chi connectivity index (χ2n) is 6.87. The van der Waals surface area contributed by atoms with E-state index in [4.69, 9.17) is 0 Å². The monoisotopic (exact) mass is 342 g/mol. The van der Waals surface area contributed by atoms with Crippen LogP contribution in [0.2, 0.25) is 0 Å². The molecule has 0 bridgehead atoms. The largest absolute Gasteiger partial charge is 0.352 e. The first-order valence-corrected chi connectivity index (χ1v) is 9.07. The highest BCUT2D eigenvalue weighted by atomic mass is 16.2. The third-order valence-corrected chi connectivity index (χ3v) is 4.97. The number of amides is 1. The van der Waals surface area contributed by atoms with Crippen molar-refractivity contribution >= 4 is 16.9 Å². The summed E-state index contributed by atoms with van der Waals surface area (Å²) in [6, 6.07) is 4.12. The zero-order valence-electron chi connectivity index (χ0n) is 15.0. The summed E-state index contributed by atoms with van der Waals surface area (Å²) in [6.07, 6.45) is 6.18. The summed E-state index contributed by atoms with van der Waals surface area (Å²) in [5.41, 5.74) is 1.21. The molecule has 1 aliphatic heterocycles. The van der Waals surface area contributed by atoms with Gasteiger partial charge in [-0.2, -0.15) is 0 Å². The average molecular weight is 342 g/mol. The molecule has 1 unspecified atom stereocenters. The van der Waals surface area contributed by atoms with Gasteiger partial charge in [-0.3, -0.25) is 9.59 Å². The Hall–Kier alpha value is -2.21. The van der Waals surface area contributed by atoms with Crippen molar-refractivity contribution in [3.05, 3.63) is 39.8 Å². The van der Waals surface area contributed by atoms with Gasteiger partial charge in [0.15, 0.2) is 0 Å². The fourth-order valence-corrected chi connectivity index (χ4v) is 3.44. The lowest BCUT2D eigenvalue weighted by molar-refractivity contribution is 0.0947. The van der Waals surface area contributed by atoms with Gasteiger partial charge < -0.3 is 15.2 Å². The number of nitrogens with one attached hydrogen (secondary N) is 2. The molecule has 1 atom stereocenters. The Kier molecular flexibility index (Phi) is 5.48. The summed E-state index contributed by atoms with van der Waals surface area (Å²) in [4.78, 5) is 34.5. The minimum absolute atomic E-state index is 0.143. The molecule has 2 N–H and O–H groups in total. The molecular formula is C19H26N4O2. The topological polar surface area (TPSA) is 78.1 Å². The number of H-pyrrole nitrogens is 1. The van der Waals surface area contributed by atoms with Crippen molar-refractivity contribution in [2.75, 3.05) is 19.6 Å². The van der Waals surface area contributed by atoms with E-state index in [9.17, 15) is 9.59 Å². The molecule has 134 valence electrons. The molecule has 25 heavy (non-hydrogen) atoms. The number of likely N-dealkylation sites (tertiary alicyclic amines) is 1. The molecule has 1 saturated heterocycles. The number of hydrogen-bond donors (Lipinski definition) is 2. The zero-order chi connectivity index (χ0) is 17.8. The number of rotatable bonds is 5. The molecule has 0 spiro atoms. The number of fused-ring (bicyclic) bond motifs is 1. The molecule has 6 heteroatoms. The quantitative estimate of drug-likeness (QED) is 0.817. The third-order valence-electron chi connectivity index (χ3n) is 4.97. The number of aryl methyl sites for hydroxylation is 1. The summed E-state index contributed by atoms with van der Waals surface area (Å²) in [5, 5.41) is 3.31. The van der Waals surface area contributed by atoms with Crippen LogP contribution >= 0.6 is 0 Å². The minimum Gasteiger partial charge on any atom is -0.352 e. The lowest BCUT2D eigenvalue weighted by Gasteiger charge is -2.33. The molecule has 3 heterocycles. The number of nitrogens with zero attached hydrogens (tertiary/aromatic N) is 2. The van der Waals surface area contributed by atoms with E-state index in [0.29, 0.717) is 23.6 Å². The second kappa shape index (κ2) is 7.78. The fraction of sp³-hybridized carbons (Fsp3) is 0.526. The molecule has 6 nitrogen and oxygen atoms in total. The van der Waals surface area contributed by atoms with Crippen molar-refractivity contribution in [2.24, 2.45) is 0 Å². The molecule has 2 aromatic heterocycles. The molecule has 2 aromatic rings. The van der Waals surface area contributed by atoms with Crippen molar-refractivity contribution in [3.8, 4) is 0 Å². The zero-order valence-corrected chi connectivity index (χ0v) is 15.0. The Balaban J connectivity index is 1.58. The molecular weight excluding hydrogens is 316 g/mol. The second-order valence-corrected chi connectivity index (χ2v) is 6.87. The number of carbonyl (C=O) groups is 1. The lowest BCUT2D eigenvalue weighted by atomic mass is 10.0. The van der Waals surface area contributed by atoms with Crippen LogP contribution in [0.15, 0.2) is 23.1 Å². The number of carbonyl (C=O) groups excluding carboxylic acids is 1. The maximum absolute atomic E-state index is 12.5. The summed E-state index contributed by atoms with van der Waals surface area (Å²) < 4.78 is 0. The molecule has 1 aliphatic rings. The van der Waals surface area contributed by atoms with Crippen LogP contribution in [-0.2, 0) is 0 Å². The highest BCUT2D eigenvalue weighted by Crippen LogP contribution is 2.16. The highest BCUT2D eigenvalue weighted by Gasteiger charge is 2.18. The van der Waals surface area contributed by atoms with Crippen LogP contribution in [0.4, 0.5) is 0 Å². The Morgan fingerprint density at radius 2 is 2.24 bits per heavy atom. The van der Waals surface area contributed by atoms with Gasteiger partial charge in [-0.25, -0.2) is 4.98 Å². The molecule has 0 aliphatic carbocycles. The van der Waals surface area contributed by atoms with Crippen molar-refractivity contribution in [3.63, 3.8) is 0 Å². The Bertz CT molecular complexity index is 815. The van der Waals surface area contributed by atoms with E-state index in [2.05, 4.69) is 27.1 Å². The van der Waals surface area contributed by atoms with E-state index in [1.54, 1.807) is 12.1 Å². The van der Waals surface area contributed by atoms with Crippen LogP contribution in [0.25, 0.3) is 11.0 Å². The average Bonchev–Trinajstić information content (AvgIpc) is 2.60. The van der Waals surface area contributed by atoms with Gasteiger partial charge in [-0.1, -0.05) is 6.42 Å². The van der Waals surface area contributed by atoms with Crippen LogP contribution in [0, 0.1) is 6.92 Å². The number of hydrogen-bond acceptors (Lipinski definition) is 4. The highest BCUT2D eigenvalue weighted by molar-refractivity contribution is 5.96. The van der Waals surface area contributed by atoms with E-state index in [-0.39, 0.29) is 16.9 Å². The summed E-state index contributed by atoms with van der Waals surface area (Å²) in [6.45, 7) is 6.83. The van der Waals surface area contributed by atoms with Crippen LogP contribution in [0.5, 0.6) is 0 Å². The van der Waals surface area contributed by atoms with Gasteiger partial charge in [0.25, 0.3) is 5.91 Å². The molecule has 0 radical (unpaired) electrons. The van der Waals surface area contributed by atoms with Crippen molar-refractivity contribution in [1.29, 1.82) is 0 Å².